The highest BCUT2D eigenvalue weighted by Crippen LogP contribution is 2.30. The summed E-state index contributed by atoms with van der Waals surface area (Å²) in [6.07, 6.45) is 0. The average Bonchev–Trinajstić information content (AvgIpc) is 2.73. The van der Waals surface area contributed by atoms with Crippen LogP contribution in [0.25, 0.3) is 11.0 Å². The fourth-order valence-electron chi connectivity index (χ4n) is 3.65. The summed E-state index contributed by atoms with van der Waals surface area (Å²) < 4.78 is 10.6. The summed E-state index contributed by atoms with van der Waals surface area (Å²) in [5.74, 6) is 0.840. The van der Waals surface area contributed by atoms with Gasteiger partial charge >= 0.3 is 5.63 Å². The van der Waals surface area contributed by atoms with E-state index in [1.807, 2.05) is 30.3 Å². The lowest BCUT2D eigenvalue weighted by Gasteiger charge is -2.38. The minimum absolute atomic E-state index is 0.326. The molecule has 6 nitrogen and oxygen atoms in total. The molecule has 0 unspecified atom stereocenters. The second-order valence-corrected chi connectivity index (χ2v) is 6.54. The van der Waals surface area contributed by atoms with Crippen LogP contribution in [-0.4, -0.2) is 38.4 Å². The molecule has 2 heterocycles. The molecule has 6 heteroatoms. The number of hydrogen-bond donors (Lipinski definition) is 1. The summed E-state index contributed by atoms with van der Waals surface area (Å²) in [4.78, 5) is 16.8. The SMILES string of the molecule is COc1ccc(N2CCN(c3c(CO)c(=O)oc4ccccc34)CC2)cc1. The van der Waals surface area contributed by atoms with E-state index in [0.29, 0.717) is 11.1 Å². The van der Waals surface area contributed by atoms with Gasteiger partial charge in [0.1, 0.15) is 11.3 Å². The standard InChI is InChI=1S/C21H22N2O4/c1-26-16-8-6-15(7-9-16)22-10-12-23(13-11-22)20-17-4-2-3-5-19(17)27-21(25)18(20)14-24/h2-9,24H,10-14H2,1H3. The summed E-state index contributed by atoms with van der Waals surface area (Å²) >= 11 is 0. The Morgan fingerprint density at radius 1 is 1.00 bits per heavy atom. The third kappa shape index (κ3) is 3.24. The van der Waals surface area contributed by atoms with Crippen molar-refractivity contribution in [3.8, 4) is 5.75 Å². The van der Waals surface area contributed by atoms with Gasteiger partial charge in [0, 0.05) is 37.3 Å². The van der Waals surface area contributed by atoms with Gasteiger partial charge in [-0.1, -0.05) is 12.1 Å². The molecule has 1 fully saturated rings. The summed E-state index contributed by atoms with van der Waals surface area (Å²) in [5.41, 5.74) is 2.34. The van der Waals surface area contributed by atoms with Gasteiger partial charge in [0.15, 0.2) is 0 Å². The second-order valence-electron chi connectivity index (χ2n) is 6.54. The first-order chi connectivity index (χ1) is 13.2. The number of piperazine rings is 1. The van der Waals surface area contributed by atoms with E-state index in [1.165, 1.54) is 0 Å². The third-order valence-corrected chi connectivity index (χ3v) is 5.07. The molecule has 1 saturated heterocycles. The number of nitrogens with zero attached hydrogens (tertiary/aromatic N) is 2. The van der Waals surface area contributed by atoms with Gasteiger partial charge in [0.25, 0.3) is 0 Å². The van der Waals surface area contributed by atoms with Crippen molar-refractivity contribution in [2.24, 2.45) is 0 Å². The normalized spacial score (nSPS) is 14.6. The van der Waals surface area contributed by atoms with Crippen molar-refractivity contribution >= 4 is 22.3 Å². The van der Waals surface area contributed by atoms with Crippen molar-refractivity contribution in [2.75, 3.05) is 43.1 Å². The van der Waals surface area contributed by atoms with Crippen molar-refractivity contribution < 1.29 is 14.3 Å². The van der Waals surface area contributed by atoms with Crippen molar-refractivity contribution in [1.29, 1.82) is 0 Å². The van der Waals surface area contributed by atoms with Crippen molar-refractivity contribution in [3.63, 3.8) is 0 Å². The van der Waals surface area contributed by atoms with Gasteiger partial charge < -0.3 is 24.1 Å². The van der Waals surface area contributed by atoms with Crippen LogP contribution in [0.3, 0.4) is 0 Å². The average molecular weight is 366 g/mol. The van der Waals surface area contributed by atoms with Crippen molar-refractivity contribution in [1.82, 2.24) is 0 Å². The summed E-state index contributed by atoms with van der Waals surface area (Å²) in [6.45, 7) is 2.83. The first-order valence-electron chi connectivity index (χ1n) is 9.01. The molecule has 0 saturated carbocycles. The number of hydrogen-bond acceptors (Lipinski definition) is 6. The fraction of sp³-hybridized carbons (Fsp3) is 0.286. The first-order valence-corrected chi connectivity index (χ1v) is 9.01. The number of ether oxygens (including phenoxy) is 1. The molecule has 4 rings (SSSR count). The van der Waals surface area contributed by atoms with Crippen LogP contribution in [0.5, 0.6) is 5.75 Å². The quantitative estimate of drug-likeness (QED) is 0.716. The highest BCUT2D eigenvalue weighted by atomic mass is 16.5. The van der Waals surface area contributed by atoms with Gasteiger partial charge in [-0.2, -0.15) is 0 Å². The highest BCUT2D eigenvalue weighted by Gasteiger charge is 2.23. The molecule has 0 atom stereocenters. The maximum atomic E-state index is 12.3. The van der Waals surface area contributed by atoms with E-state index in [1.54, 1.807) is 13.2 Å². The highest BCUT2D eigenvalue weighted by molar-refractivity contribution is 5.92. The molecule has 0 bridgehead atoms. The molecular weight excluding hydrogens is 344 g/mol. The number of benzene rings is 2. The Balaban J connectivity index is 1.62. The molecule has 0 amide bonds. The topological polar surface area (TPSA) is 66.2 Å². The lowest BCUT2D eigenvalue weighted by molar-refractivity contribution is 0.276. The minimum atomic E-state index is -0.469. The molecule has 140 valence electrons. The lowest BCUT2D eigenvalue weighted by Crippen LogP contribution is -2.47. The summed E-state index contributed by atoms with van der Waals surface area (Å²) in [5, 5.41) is 10.6. The predicted molar refractivity (Wildman–Crippen MR) is 106 cm³/mol. The summed E-state index contributed by atoms with van der Waals surface area (Å²) in [7, 11) is 1.66. The van der Waals surface area contributed by atoms with E-state index in [4.69, 9.17) is 9.15 Å². The number of fused-ring (bicyclic) bond motifs is 1. The Morgan fingerprint density at radius 2 is 1.67 bits per heavy atom. The monoisotopic (exact) mass is 366 g/mol. The van der Waals surface area contributed by atoms with Crippen LogP contribution >= 0.6 is 0 Å². The van der Waals surface area contributed by atoms with Crippen LogP contribution in [-0.2, 0) is 6.61 Å². The third-order valence-electron chi connectivity index (χ3n) is 5.07. The molecule has 0 radical (unpaired) electrons. The maximum absolute atomic E-state index is 12.3. The zero-order valence-corrected chi connectivity index (χ0v) is 15.2. The zero-order chi connectivity index (χ0) is 18.8. The van der Waals surface area contributed by atoms with Crippen LogP contribution < -0.4 is 20.2 Å². The van der Waals surface area contributed by atoms with Gasteiger partial charge in [-0.3, -0.25) is 0 Å². The predicted octanol–water partition coefficient (Wildman–Crippen LogP) is 2.62. The van der Waals surface area contributed by atoms with E-state index < -0.39 is 5.63 Å². The molecule has 1 aliphatic heterocycles. The molecule has 0 aliphatic carbocycles. The van der Waals surface area contributed by atoms with Gasteiger partial charge in [0.05, 0.1) is 25.0 Å². The molecule has 1 N–H and O–H groups in total. The van der Waals surface area contributed by atoms with E-state index in [0.717, 1.165) is 48.7 Å². The number of aliphatic hydroxyl groups excluding tert-OH is 1. The Morgan fingerprint density at radius 3 is 2.33 bits per heavy atom. The van der Waals surface area contributed by atoms with Crippen molar-refractivity contribution in [3.05, 3.63) is 64.5 Å². The Bertz CT molecular complexity index is 989. The maximum Gasteiger partial charge on any atom is 0.343 e. The zero-order valence-electron chi connectivity index (χ0n) is 15.2. The Labute approximate surface area is 157 Å². The number of para-hydroxylation sites is 1. The first kappa shape index (κ1) is 17.4. The Kier molecular flexibility index (Phi) is 4.73. The van der Waals surface area contributed by atoms with Crippen LogP contribution in [0.15, 0.2) is 57.7 Å². The van der Waals surface area contributed by atoms with Gasteiger partial charge in [0.2, 0.25) is 0 Å². The smallest absolute Gasteiger partial charge is 0.343 e. The summed E-state index contributed by atoms with van der Waals surface area (Å²) in [6, 6.07) is 15.5. The van der Waals surface area contributed by atoms with E-state index >= 15 is 0 Å². The van der Waals surface area contributed by atoms with Gasteiger partial charge in [-0.05, 0) is 36.4 Å². The molecule has 1 aromatic heterocycles. The van der Waals surface area contributed by atoms with E-state index in [2.05, 4.69) is 21.9 Å². The number of anilines is 2. The number of aliphatic hydroxyl groups is 1. The molecule has 27 heavy (non-hydrogen) atoms. The largest absolute Gasteiger partial charge is 0.497 e. The van der Waals surface area contributed by atoms with E-state index in [-0.39, 0.29) is 6.61 Å². The Hall–Kier alpha value is -2.99. The van der Waals surface area contributed by atoms with Crippen molar-refractivity contribution in [2.45, 2.75) is 6.61 Å². The van der Waals surface area contributed by atoms with Crippen LogP contribution in [0.4, 0.5) is 11.4 Å². The van der Waals surface area contributed by atoms with Gasteiger partial charge in [-0.25, -0.2) is 4.79 Å². The van der Waals surface area contributed by atoms with Crippen LogP contribution in [0, 0.1) is 0 Å². The second kappa shape index (κ2) is 7.32. The fourth-order valence-corrected chi connectivity index (χ4v) is 3.65. The molecular formula is C21H22N2O4. The van der Waals surface area contributed by atoms with Crippen LogP contribution in [0.2, 0.25) is 0 Å². The minimum Gasteiger partial charge on any atom is -0.497 e. The molecule has 0 spiro atoms. The van der Waals surface area contributed by atoms with Gasteiger partial charge in [-0.15, -0.1) is 0 Å². The molecule has 3 aromatic rings. The number of rotatable bonds is 4. The number of methoxy groups -OCH3 is 1. The van der Waals surface area contributed by atoms with E-state index in [9.17, 15) is 9.90 Å². The van der Waals surface area contributed by atoms with Crippen LogP contribution in [0.1, 0.15) is 5.56 Å². The molecule has 1 aliphatic rings. The molecule has 2 aromatic carbocycles. The lowest BCUT2D eigenvalue weighted by atomic mass is 10.1.